The molecule has 0 aromatic carbocycles. The minimum Gasteiger partial charge on any atom is -0.444 e. The summed E-state index contributed by atoms with van der Waals surface area (Å²) in [4.78, 5) is 31.8. The number of piperidine rings is 1. The molecular formula is C22H42N4O3. The lowest BCUT2D eigenvalue weighted by Crippen LogP contribution is -2.48. The van der Waals surface area contributed by atoms with Crippen LogP contribution in [0.15, 0.2) is 0 Å². The summed E-state index contributed by atoms with van der Waals surface area (Å²) in [6, 6.07) is -0.151. The fourth-order valence-corrected chi connectivity index (χ4v) is 4.07. The SMILES string of the molecule is CC(CN(CCN1CCCC1)C(=O)CCN1CCCCC1)NC(=O)OC(C)(C)C. The Morgan fingerprint density at radius 1 is 0.966 bits per heavy atom. The number of amides is 2. The summed E-state index contributed by atoms with van der Waals surface area (Å²) in [5.74, 6) is 0.188. The molecule has 168 valence electrons. The average molecular weight is 411 g/mol. The monoisotopic (exact) mass is 410 g/mol. The maximum Gasteiger partial charge on any atom is 0.407 e. The van der Waals surface area contributed by atoms with Gasteiger partial charge in [-0.25, -0.2) is 4.79 Å². The molecule has 2 heterocycles. The Morgan fingerprint density at radius 3 is 2.10 bits per heavy atom. The molecular weight excluding hydrogens is 368 g/mol. The highest BCUT2D eigenvalue weighted by molar-refractivity contribution is 5.76. The summed E-state index contributed by atoms with van der Waals surface area (Å²) in [6.45, 7) is 15.0. The smallest absolute Gasteiger partial charge is 0.407 e. The first-order chi connectivity index (χ1) is 13.7. The number of nitrogens with one attached hydrogen (secondary N) is 1. The fourth-order valence-electron chi connectivity index (χ4n) is 4.07. The number of carbonyl (C=O) groups is 2. The van der Waals surface area contributed by atoms with Crippen LogP contribution in [0.4, 0.5) is 4.79 Å². The average Bonchev–Trinajstić information content (AvgIpc) is 3.15. The maximum atomic E-state index is 13.0. The quantitative estimate of drug-likeness (QED) is 0.633. The molecule has 0 bridgehead atoms. The maximum absolute atomic E-state index is 13.0. The lowest BCUT2D eigenvalue weighted by Gasteiger charge is -2.31. The third-order valence-electron chi connectivity index (χ3n) is 5.59. The van der Waals surface area contributed by atoms with Crippen LogP contribution in [-0.2, 0) is 9.53 Å². The normalized spacial score (nSPS) is 19.7. The van der Waals surface area contributed by atoms with Gasteiger partial charge in [0.2, 0.25) is 5.91 Å². The number of carbonyl (C=O) groups excluding carboxylic acids is 2. The first kappa shape index (κ1) is 23.9. The highest BCUT2D eigenvalue weighted by Gasteiger charge is 2.23. The Hall–Kier alpha value is -1.34. The topological polar surface area (TPSA) is 65.1 Å². The van der Waals surface area contributed by atoms with Gasteiger partial charge in [0.15, 0.2) is 0 Å². The van der Waals surface area contributed by atoms with Gasteiger partial charge in [-0.15, -0.1) is 0 Å². The predicted octanol–water partition coefficient (Wildman–Crippen LogP) is 2.70. The summed E-state index contributed by atoms with van der Waals surface area (Å²) < 4.78 is 5.35. The number of rotatable bonds is 9. The summed E-state index contributed by atoms with van der Waals surface area (Å²) in [6.07, 6.45) is 6.41. The molecule has 2 saturated heterocycles. The van der Waals surface area contributed by atoms with Crippen molar-refractivity contribution < 1.29 is 14.3 Å². The van der Waals surface area contributed by atoms with E-state index in [1.807, 2.05) is 32.6 Å². The second-order valence-electron chi connectivity index (χ2n) is 9.59. The molecule has 2 aliphatic heterocycles. The van der Waals surface area contributed by atoms with E-state index >= 15 is 0 Å². The van der Waals surface area contributed by atoms with Crippen LogP contribution in [0.2, 0.25) is 0 Å². The molecule has 1 atom stereocenters. The largest absolute Gasteiger partial charge is 0.444 e. The zero-order valence-electron chi connectivity index (χ0n) is 19.0. The van der Waals surface area contributed by atoms with E-state index in [9.17, 15) is 9.59 Å². The van der Waals surface area contributed by atoms with Crippen molar-refractivity contribution in [2.75, 3.05) is 52.4 Å². The zero-order chi connectivity index (χ0) is 21.3. The van der Waals surface area contributed by atoms with Gasteiger partial charge in [0.05, 0.1) is 0 Å². The number of nitrogens with zero attached hydrogens (tertiary/aromatic N) is 3. The highest BCUT2D eigenvalue weighted by atomic mass is 16.6. The van der Waals surface area contributed by atoms with Crippen LogP contribution in [0.5, 0.6) is 0 Å². The van der Waals surface area contributed by atoms with Gasteiger partial charge in [-0.2, -0.15) is 0 Å². The molecule has 1 unspecified atom stereocenters. The molecule has 0 aromatic rings. The van der Waals surface area contributed by atoms with E-state index in [1.165, 1.54) is 32.1 Å². The van der Waals surface area contributed by atoms with Crippen molar-refractivity contribution >= 4 is 12.0 Å². The second-order valence-corrected chi connectivity index (χ2v) is 9.59. The molecule has 0 saturated carbocycles. The van der Waals surface area contributed by atoms with Crippen LogP contribution in [-0.4, -0.2) is 90.7 Å². The molecule has 2 amide bonds. The highest BCUT2D eigenvalue weighted by Crippen LogP contribution is 2.11. The molecule has 2 aliphatic rings. The Kier molecular flexibility index (Phi) is 9.69. The minimum atomic E-state index is -0.524. The number of ether oxygens (including phenoxy) is 1. The molecule has 7 nitrogen and oxygen atoms in total. The molecule has 29 heavy (non-hydrogen) atoms. The number of likely N-dealkylation sites (tertiary alicyclic amines) is 2. The van der Waals surface area contributed by atoms with Crippen LogP contribution in [0.25, 0.3) is 0 Å². The van der Waals surface area contributed by atoms with Crippen LogP contribution in [0, 0.1) is 0 Å². The third-order valence-corrected chi connectivity index (χ3v) is 5.59. The molecule has 0 radical (unpaired) electrons. The van der Waals surface area contributed by atoms with Gasteiger partial charge in [0.1, 0.15) is 5.60 Å². The first-order valence-electron chi connectivity index (χ1n) is 11.4. The molecule has 0 spiro atoms. The lowest BCUT2D eigenvalue weighted by molar-refractivity contribution is -0.132. The van der Waals surface area contributed by atoms with Gasteiger partial charge < -0.3 is 24.8 Å². The van der Waals surface area contributed by atoms with Crippen molar-refractivity contribution in [1.82, 2.24) is 20.0 Å². The van der Waals surface area contributed by atoms with E-state index in [4.69, 9.17) is 4.74 Å². The van der Waals surface area contributed by atoms with Crippen LogP contribution in [0.1, 0.15) is 66.2 Å². The molecule has 0 aliphatic carbocycles. The number of hydrogen-bond donors (Lipinski definition) is 1. The Morgan fingerprint density at radius 2 is 1.52 bits per heavy atom. The van der Waals surface area contributed by atoms with E-state index in [-0.39, 0.29) is 11.9 Å². The first-order valence-corrected chi connectivity index (χ1v) is 11.4. The van der Waals surface area contributed by atoms with Gasteiger partial charge in [0.25, 0.3) is 0 Å². The molecule has 0 aromatic heterocycles. The van der Waals surface area contributed by atoms with Crippen molar-refractivity contribution in [2.24, 2.45) is 0 Å². The van der Waals surface area contributed by atoms with Crippen molar-refractivity contribution in [3.63, 3.8) is 0 Å². The second kappa shape index (κ2) is 11.7. The molecule has 7 heteroatoms. The summed E-state index contributed by atoms with van der Waals surface area (Å²) in [7, 11) is 0. The molecule has 2 rings (SSSR count). The van der Waals surface area contributed by atoms with E-state index in [0.29, 0.717) is 13.0 Å². The predicted molar refractivity (Wildman–Crippen MR) is 116 cm³/mol. The minimum absolute atomic E-state index is 0.151. The molecule has 1 N–H and O–H groups in total. The van der Waals surface area contributed by atoms with E-state index in [2.05, 4.69) is 15.1 Å². The van der Waals surface area contributed by atoms with Crippen LogP contribution < -0.4 is 5.32 Å². The fraction of sp³-hybridized carbons (Fsp3) is 0.909. The lowest BCUT2D eigenvalue weighted by atomic mass is 10.1. The van der Waals surface area contributed by atoms with E-state index < -0.39 is 11.7 Å². The Bertz CT molecular complexity index is 509. The van der Waals surface area contributed by atoms with Crippen molar-refractivity contribution in [3.8, 4) is 0 Å². The van der Waals surface area contributed by atoms with Gasteiger partial charge in [-0.05, 0) is 79.6 Å². The summed E-state index contributed by atoms with van der Waals surface area (Å²) in [5, 5.41) is 2.88. The Labute approximate surface area is 177 Å². The zero-order valence-corrected chi connectivity index (χ0v) is 19.0. The van der Waals surface area contributed by atoms with Gasteiger partial charge in [0, 0.05) is 38.6 Å². The van der Waals surface area contributed by atoms with Gasteiger partial charge in [-0.3, -0.25) is 4.79 Å². The van der Waals surface area contributed by atoms with Crippen molar-refractivity contribution in [2.45, 2.75) is 77.9 Å². The van der Waals surface area contributed by atoms with Gasteiger partial charge in [-0.1, -0.05) is 6.42 Å². The molecule has 2 fully saturated rings. The number of hydrogen-bond acceptors (Lipinski definition) is 5. The van der Waals surface area contributed by atoms with Crippen LogP contribution >= 0.6 is 0 Å². The van der Waals surface area contributed by atoms with Crippen LogP contribution in [0.3, 0.4) is 0 Å². The summed E-state index contributed by atoms with van der Waals surface area (Å²) in [5.41, 5.74) is -0.524. The van der Waals surface area contributed by atoms with E-state index in [0.717, 1.165) is 45.8 Å². The van der Waals surface area contributed by atoms with E-state index in [1.54, 1.807) is 0 Å². The van der Waals surface area contributed by atoms with Crippen molar-refractivity contribution in [3.05, 3.63) is 0 Å². The number of alkyl carbamates (subject to hydrolysis) is 1. The third kappa shape index (κ3) is 9.81. The summed E-state index contributed by atoms with van der Waals surface area (Å²) >= 11 is 0. The standard InChI is InChI=1S/C22H42N4O3/c1-19(23-21(28)29-22(2,3)4)18-26(17-16-25-13-8-9-14-25)20(27)10-15-24-11-6-5-7-12-24/h19H,5-18H2,1-4H3,(H,23,28). The van der Waals surface area contributed by atoms with Crippen molar-refractivity contribution in [1.29, 1.82) is 0 Å². The van der Waals surface area contributed by atoms with Gasteiger partial charge >= 0.3 is 6.09 Å². The Balaban J connectivity index is 1.84.